The van der Waals surface area contributed by atoms with E-state index in [0.717, 1.165) is 28.6 Å². The normalized spacial score (nSPS) is 12.4. The van der Waals surface area contributed by atoms with Gasteiger partial charge in [-0.25, -0.2) is 0 Å². The molecule has 1 heterocycles. The summed E-state index contributed by atoms with van der Waals surface area (Å²) < 4.78 is 44.2. The van der Waals surface area contributed by atoms with Gasteiger partial charge in [0.25, 0.3) is 5.91 Å². The Kier molecular flexibility index (Phi) is 6.05. The number of carbonyl (C=O) groups is 1. The van der Waals surface area contributed by atoms with Crippen LogP contribution < -0.4 is 10.1 Å². The molecule has 4 aromatic rings. The lowest BCUT2D eigenvalue weighted by Crippen LogP contribution is -2.27. The monoisotopic (exact) mass is 450 g/mol. The Morgan fingerprint density at radius 2 is 1.76 bits per heavy atom. The molecule has 0 fully saturated rings. The summed E-state index contributed by atoms with van der Waals surface area (Å²) in [5.74, 6) is 0.283. The molecule has 0 aliphatic rings. The minimum Gasteiger partial charge on any atom is -0.497 e. The number of alkyl halides is 3. The highest BCUT2D eigenvalue weighted by Crippen LogP contribution is 2.36. The van der Waals surface area contributed by atoms with Crippen LogP contribution in [0.15, 0.2) is 79.0 Å². The zero-order chi connectivity index (χ0) is 23.6. The lowest BCUT2D eigenvalue weighted by Gasteiger charge is -2.15. The van der Waals surface area contributed by atoms with E-state index >= 15 is 0 Å². The molecule has 0 spiro atoms. The van der Waals surface area contributed by atoms with Gasteiger partial charge in [-0.1, -0.05) is 24.3 Å². The molecule has 0 saturated carbocycles. The van der Waals surface area contributed by atoms with Crippen LogP contribution in [0.2, 0.25) is 0 Å². The second-order valence-electron chi connectivity index (χ2n) is 7.64. The standard InChI is InChI=1S/C26H21F3N2O2/c1-16(24-5-3-4-12-30-24)31-25(32)18-8-11-22-19(13-18)14-21(33-2)15-23(22)17-6-9-20(10-7-17)26(27,28)29/h3-16H,1-2H3,(H,31,32)/t16-/m1/s1. The fraction of sp³-hybridized carbons (Fsp3) is 0.154. The molecule has 1 amide bonds. The Balaban J connectivity index is 1.69. The Morgan fingerprint density at radius 3 is 2.39 bits per heavy atom. The van der Waals surface area contributed by atoms with E-state index in [1.807, 2.05) is 25.1 Å². The smallest absolute Gasteiger partial charge is 0.416 e. The topological polar surface area (TPSA) is 51.2 Å². The molecule has 1 N–H and O–H groups in total. The number of hydrogen-bond acceptors (Lipinski definition) is 3. The molecule has 4 nitrogen and oxygen atoms in total. The second kappa shape index (κ2) is 8.94. The average Bonchev–Trinajstić information content (AvgIpc) is 2.83. The predicted octanol–water partition coefficient (Wildman–Crippen LogP) is 6.42. The second-order valence-corrected chi connectivity index (χ2v) is 7.64. The molecule has 1 atom stereocenters. The zero-order valence-corrected chi connectivity index (χ0v) is 18.0. The van der Waals surface area contributed by atoms with Crippen molar-refractivity contribution in [3.63, 3.8) is 0 Å². The molecular formula is C26H21F3N2O2. The van der Waals surface area contributed by atoms with Gasteiger partial charge >= 0.3 is 6.18 Å². The van der Waals surface area contributed by atoms with Crippen molar-refractivity contribution in [3.05, 3.63) is 95.8 Å². The molecule has 0 radical (unpaired) electrons. The summed E-state index contributed by atoms with van der Waals surface area (Å²) in [6.07, 6.45) is -2.73. The first-order valence-corrected chi connectivity index (χ1v) is 10.3. The molecule has 0 aliphatic heterocycles. The van der Waals surface area contributed by atoms with Crippen LogP contribution in [0, 0.1) is 0 Å². The van der Waals surface area contributed by atoms with Crippen molar-refractivity contribution in [3.8, 4) is 16.9 Å². The van der Waals surface area contributed by atoms with Crippen LogP contribution in [0.5, 0.6) is 5.75 Å². The summed E-state index contributed by atoms with van der Waals surface area (Å²) in [6.45, 7) is 1.85. The highest BCUT2D eigenvalue weighted by Gasteiger charge is 2.30. The third-order valence-electron chi connectivity index (χ3n) is 5.43. The number of benzene rings is 3. The van der Waals surface area contributed by atoms with Crippen molar-refractivity contribution in [2.24, 2.45) is 0 Å². The summed E-state index contributed by atoms with van der Waals surface area (Å²) in [5, 5.41) is 4.47. The summed E-state index contributed by atoms with van der Waals surface area (Å²) >= 11 is 0. The van der Waals surface area contributed by atoms with E-state index in [9.17, 15) is 18.0 Å². The number of halogens is 3. The Morgan fingerprint density at radius 1 is 1.00 bits per heavy atom. The Labute approximate surface area is 189 Å². The number of methoxy groups -OCH3 is 1. The number of hydrogen-bond donors (Lipinski definition) is 1. The van der Waals surface area contributed by atoms with Crippen LogP contribution in [0.1, 0.15) is 34.6 Å². The first-order chi connectivity index (χ1) is 15.8. The summed E-state index contributed by atoms with van der Waals surface area (Å²) in [5.41, 5.74) is 1.83. The van der Waals surface area contributed by atoms with E-state index in [4.69, 9.17) is 4.74 Å². The minimum atomic E-state index is -4.40. The van der Waals surface area contributed by atoms with Gasteiger partial charge in [0.1, 0.15) is 5.75 Å². The van der Waals surface area contributed by atoms with Gasteiger partial charge in [-0.3, -0.25) is 9.78 Å². The first kappa shape index (κ1) is 22.3. The van der Waals surface area contributed by atoms with E-state index in [0.29, 0.717) is 22.4 Å². The van der Waals surface area contributed by atoms with Crippen molar-refractivity contribution < 1.29 is 22.7 Å². The van der Waals surface area contributed by atoms with Gasteiger partial charge in [0.15, 0.2) is 0 Å². The number of aromatic nitrogens is 1. The molecule has 0 bridgehead atoms. The van der Waals surface area contributed by atoms with Gasteiger partial charge in [-0.05, 0) is 77.4 Å². The van der Waals surface area contributed by atoms with E-state index < -0.39 is 11.7 Å². The van der Waals surface area contributed by atoms with Crippen LogP contribution in [0.3, 0.4) is 0 Å². The van der Waals surface area contributed by atoms with E-state index in [1.165, 1.54) is 19.2 Å². The average molecular weight is 450 g/mol. The fourth-order valence-corrected chi connectivity index (χ4v) is 3.67. The lowest BCUT2D eigenvalue weighted by atomic mass is 9.95. The van der Waals surface area contributed by atoms with Crippen LogP contribution in [-0.4, -0.2) is 18.0 Å². The van der Waals surface area contributed by atoms with Gasteiger partial charge in [0, 0.05) is 11.8 Å². The largest absolute Gasteiger partial charge is 0.497 e. The lowest BCUT2D eigenvalue weighted by molar-refractivity contribution is -0.137. The van der Waals surface area contributed by atoms with Crippen molar-refractivity contribution in [1.82, 2.24) is 10.3 Å². The number of nitrogens with zero attached hydrogens (tertiary/aromatic N) is 1. The molecule has 4 rings (SSSR count). The van der Waals surface area contributed by atoms with Crippen LogP contribution in [0.4, 0.5) is 13.2 Å². The number of ether oxygens (including phenoxy) is 1. The first-order valence-electron chi connectivity index (χ1n) is 10.3. The zero-order valence-electron chi connectivity index (χ0n) is 18.0. The molecule has 0 unspecified atom stereocenters. The summed E-state index contributed by atoms with van der Waals surface area (Å²) in [6, 6.07) is 19.0. The third kappa shape index (κ3) is 4.82. The highest BCUT2D eigenvalue weighted by molar-refractivity contribution is 6.03. The van der Waals surface area contributed by atoms with Crippen LogP contribution in [-0.2, 0) is 6.18 Å². The van der Waals surface area contributed by atoms with Gasteiger partial charge in [-0.15, -0.1) is 0 Å². The predicted molar refractivity (Wildman–Crippen MR) is 121 cm³/mol. The maximum atomic E-state index is 13.0. The fourth-order valence-electron chi connectivity index (χ4n) is 3.67. The molecule has 0 saturated heterocycles. The van der Waals surface area contributed by atoms with Gasteiger partial charge in [-0.2, -0.15) is 13.2 Å². The molecule has 0 aliphatic carbocycles. The number of amides is 1. The number of carbonyl (C=O) groups excluding carboxylic acids is 1. The van der Waals surface area contributed by atoms with E-state index in [2.05, 4.69) is 10.3 Å². The maximum Gasteiger partial charge on any atom is 0.416 e. The Bertz CT molecular complexity index is 1290. The van der Waals surface area contributed by atoms with Gasteiger partial charge < -0.3 is 10.1 Å². The third-order valence-corrected chi connectivity index (χ3v) is 5.43. The number of rotatable bonds is 5. The molecular weight excluding hydrogens is 429 g/mol. The van der Waals surface area contributed by atoms with E-state index in [1.54, 1.807) is 36.5 Å². The SMILES string of the molecule is COc1cc(-c2ccc(C(F)(F)F)cc2)c2ccc(C(=O)N[C@H](C)c3ccccn3)cc2c1. The quantitative estimate of drug-likeness (QED) is 0.382. The minimum absolute atomic E-state index is 0.256. The van der Waals surface area contributed by atoms with Gasteiger partial charge in [0.05, 0.1) is 24.4 Å². The summed E-state index contributed by atoms with van der Waals surface area (Å²) in [4.78, 5) is 17.1. The Hall–Kier alpha value is -3.87. The maximum absolute atomic E-state index is 13.0. The number of fused-ring (bicyclic) bond motifs is 1. The van der Waals surface area contributed by atoms with Gasteiger partial charge in [0.2, 0.25) is 0 Å². The molecule has 7 heteroatoms. The number of pyridine rings is 1. The van der Waals surface area contributed by atoms with Crippen LogP contribution in [0.25, 0.3) is 21.9 Å². The molecule has 168 valence electrons. The molecule has 1 aromatic heterocycles. The van der Waals surface area contributed by atoms with E-state index in [-0.39, 0.29) is 11.9 Å². The van der Waals surface area contributed by atoms with Crippen molar-refractivity contribution in [2.45, 2.75) is 19.1 Å². The van der Waals surface area contributed by atoms with Crippen molar-refractivity contribution >= 4 is 16.7 Å². The number of nitrogens with one attached hydrogen (secondary N) is 1. The van der Waals surface area contributed by atoms with Crippen molar-refractivity contribution in [2.75, 3.05) is 7.11 Å². The highest BCUT2D eigenvalue weighted by atomic mass is 19.4. The van der Waals surface area contributed by atoms with Crippen molar-refractivity contribution in [1.29, 1.82) is 0 Å². The molecule has 3 aromatic carbocycles. The van der Waals surface area contributed by atoms with Crippen LogP contribution >= 0.6 is 0 Å². The molecule has 33 heavy (non-hydrogen) atoms. The summed E-state index contributed by atoms with van der Waals surface area (Å²) in [7, 11) is 1.52.